The van der Waals surface area contributed by atoms with Gasteiger partial charge in [-0.15, -0.1) is 0 Å². The first kappa shape index (κ1) is 25.6. The van der Waals surface area contributed by atoms with Crippen LogP contribution in [0.25, 0.3) is 0 Å². The summed E-state index contributed by atoms with van der Waals surface area (Å²) in [6.45, 7) is 2.08. The van der Waals surface area contributed by atoms with E-state index in [2.05, 4.69) is 153 Å². The molecule has 1 nitrogen and oxygen atoms in total. The summed E-state index contributed by atoms with van der Waals surface area (Å²) in [4.78, 5) is 0.922. The number of benzene rings is 5. The predicted molar refractivity (Wildman–Crippen MR) is 162 cm³/mol. The second kappa shape index (κ2) is 12.0. The molecule has 2 unspecified atom stereocenters. The van der Waals surface area contributed by atoms with Crippen molar-refractivity contribution in [3.05, 3.63) is 151 Å². The minimum atomic E-state index is -2.52. The normalized spacial score (nSPS) is 13.1. The van der Waals surface area contributed by atoms with Gasteiger partial charge in [-0.25, -0.2) is 0 Å². The van der Waals surface area contributed by atoms with Gasteiger partial charge in [-0.1, -0.05) is 0 Å². The molecule has 0 aliphatic rings. The Bertz CT molecular complexity index is 1330. The molecule has 0 aromatic heterocycles. The summed E-state index contributed by atoms with van der Waals surface area (Å²) in [7, 11) is -3.66. The predicted octanol–water partition coefficient (Wildman–Crippen LogP) is 4.63. The third-order valence-electron chi connectivity index (χ3n) is 6.78. The average Bonchev–Trinajstić information content (AvgIpc) is 2.97. The number of hydrogen-bond acceptors (Lipinski definition) is 1. The molecular formula is C33H30OSSeSi. The Balaban J connectivity index is 1.70. The van der Waals surface area contributed by atoms with Gasteiger partial charge in [0, 0.05) is 0 Å². The topological polar surface area (TPSA) is 17.1 Å². The van der Waals surface area contributed by atoms with Gasteiger partial charge in [0.2, 0.25) is 0 Å². The van der Waals surface area contributed by atoms with Crippen LogP contribution in [0.4, 0.5) is 0 Å². The molecule has 0 heterocycles. The molecule has 4 heteroatoms. The molecule has 2 atom stereocenters. The van der Waals surface area contributed by atoms with Gasteiger partial charge in [0.1, 0.15) is 0 Å². The number of rotatable bonds is 9. The molecular weight excluding hydrogens is 551 g/mol. The van der Waals surface area contributed by atoms with E-state index >= 15 is 0 Å². The number of aryl methyl sites for hydroxylation is 1. The van der Waals surface area contributed by atoms with Crippen LogP contribution < -0.4 is 20.0 Å². The molecule has 0 N–H and O–H groups in total. The molecule has 0 aliphatic heterocycles. The van der Waals surface area contributed by atoms with Crippen LogP contribution in [-0.2, 0) is 10.8 Å². The van der Waals surface area contributed by atoms with Crippen molar-refractivity contribution in [3.63, 3.8) is 0 Å². The molecule has 184 valence electrons. The quantitative estimate of drug-likeness (QED) is 0.183. The van der Waals surface area contributed by atoms with Crippen LogP contribution in [-0.4, -0.2) is 31.4 Å². The summed E-state index contributed by atoms with van der Waals surface area (Å²) in [5.74, 6) is 0. The third-order valence-corrected chi connectivity index (χ3v) is 17.7. The minimum absolute atomic E-state index is 0.0184. The summed E-state index contributed by atoms with van der Waals surface area (Å²) in [6.07, 6.45) is 0. The van der Waals surface area contributed by atoms with E-state index in [1.165, 1.54) is 25.6 Å². The second-order valence-corrected chi connectivity index (χ2v) is 18.1. The molecule has 5 aromatic rings. The first-order valence-corrected chi connectivity index (χ1v) is 17.8. The fourth-order valence-corrected chi connectivity index (χ4v) is 16.9. The van der Waals surface area contributed by atoms with Crippen molar-refractivity contribution in [2.75, 3.05) is 0 Å². The Morgan fingerprint density at radius 2 is 1.00 bits per heavy atom. The summed E-state index contributed by atoms with van der Waals surface area (Å²) >= 11 is 0.0353. The van der Waals surface area contributed by atoms with Gasteiger partial charge in [-0.3, -0.25) is 0 Å². The molecule has 5 rings (SSSR count). The molecule has 0 saturated heterocycles. The maximum atomic E-state index is 14.4. The Hall–Kier alpha value is -3.01. The summed E-state index contributed by atoms with van der Waals surface area (Å²) in [5, 5.41) is 4.09. The van der Waals surface area contributed by atoms with Crippen molar-refractivity contribution in [2.24, 2.45) is 0 Å². The van der Waals surface area contributed by atoms with Gasteiger partial charge < -0.3 is 0 Å². The molecule has 0 amide bonds. The third kappa shape index (κ3) is 5.79. The molecule has 0 radical (unpaired) electrons. The molecule has 5 aromatic carbocycles. The second-order valence-electron chi connectivity index (χ2n) is 9.18. The molecule has 0 bridgehead atoms. The Labute approximate surface area is 230 Å². The first-order valence-electron chi connectivity index (χ1n) is 12.5. The van der Waals surface area contributed by atoms with E-state index < -0.39 is 18.9 Å². The average molecular weight is 582 g/mol. The van der Waals surface area contributed by atoms with Crippen LogP contribution in [0.15, 0.2) is 150 Å². The monoisotopic (exact) mass is 582 g/mol. The zero-order chi connectivity index (χ0) is 25.5. The first-order chi connectivity index (χ1) is 18.2. The van der Waals surface area contributed by atoms with Crippen molar-refractivity contribution in [1.82, 2.24) is 0 Å². The maximum absolute atomic E-state index is 14.4. The molecule has 0 aliphatic carbocycles. The molecule has 0 saturated carbocycles. The summed E-state index contributed by atoms with van der Waals surface area (Å²) in [6, 6.07) is 52.7. The molecule has 0 fully saturated rings. The van der Waals surface area contributed by atoms with Crippen molar-refractivity contribution in [1.29, 1.82) is 0 Å². The van der Waals surface area contributed by atoms with Crippen LogP contribution in [0.1, 0.15) is 5.56 Å². The van der Waals surface area contributed by atoms with Gasteiger partial charge in [0.15, 0.2) is 0 Å². The Morgan fingerprint density at radius 1 is 0.595 bits per heavy atom. The standard InChI is InChI=1S/C33H30OSSeSi/c1-27-22-24-28(25-23-27)35(34)33(36-29-14-6-2-7-15-29)26-37(30-16-8-3-9-17-30,31-18-10-4-11-19-31)32-20-12-5-13-21-32/h2-25,33H,26H2,1H3. The van der Waals surface area contributed by atoms with Crippen molar-refractivity contribution >= 4 is 53.9 Å². The van der Waals surface area contributed by atoms with E-state index in [0.29, 0.717) is 0 Å². The van der Waals surface area contributed by atoms with E-state index in [-0.39, 0.29) is 19.1 Å². The van der Waals surface area contributed by atoms with E-state index in [4.69, 9.17) is 0 Å². The Kier molecular flexibility index (Phi) is 8.33. The zero-order valence-electron chi connectivity index (χ0n) is 20.9. The van der Waals surface area contributed by atoms with E-state index in [9.17, 15) is 4.21 Å². The molecule has 0 spiro atoms. The van der Waals surface area contributed by atoms with E-state index in [1.54, 1.807) is 0 Å². The van der Waals surface area contributed by atoms with Crippen LogP contribution in [0, 0.1) is 6.92 Å². The summed E-state index contributed by atoms with van der Waals surface area (Å²) < 4.78 is 15.7. The fourth-order valence-electron chi connectivity index (χ4n) is 4.91. The van der Waals surface area contributed by atoms with E-state index in [0.717, 1.165) is 10.9 Å². The number of hydrogen-bond donors (Lipinski definition) is 0. The fraction of sp³-hybridized carbons (Fsp3) is 0.0909. The van der Waals surface area contributed by atoms with Crippen molar-refractivity contribution in [3.8, 4) is 0 Å². The summed E-state index contributed by atoms with van der Waals surface area (Å²) in [5.41, 5.74) is 1.19. The molecule has 37 heavy (non-hydrogen) atoms. The van der Waals surface area contributed by atoms with Gasteiger partial charge >= 0.3 is 231 Å². The van der Waals surface area contributed by atoms with E-state index in [1.807, 2.05) is 0 Å². The van der Waals surface area contributed by atoms with Crippen molar-refractivity contribution < 1.29 is 4.21 Å². The van der Waals surface area contributed by atoms with Gasteiger partial charge in [0.05, 0.1) is 0 Å². The van der Waals surface area contributed by atoms with Gasteiger partial charge in [0.25, 0.3) is 0 Å². The van der Waals surface area contributed by atoms with Crippen LogP contribution in [0.2, 0.25) is 6.04 Å². The zero-order valence-corrected chi connectivity index (χ0v) is 24.4. The Morgan fingerprint density at radius 3 is 1.43 bits per heavy atom. The SMILES string of the molecule is Cc1ccc(S(=O)C(C[Si](c2ccccc2)(c2ccccc2)c2ccccc2)[Se]c2ccccc2)cc1. The van der Waals surface area contributed by atoms with Crippen LogP contribution >= 0.6 is 0 Å². The van der Waals surface area contributed by atoms with Crippen LogP contribution in [0.5, 0.6) is 0 Å². The van der Waals surface area contributed by atoms with Gasteiger partial charge in [-0.2, -0.15) is 0 Å². The van der Waals surface area contributed by atoms with Crippen LogP contribution in [0.3, 0.4) is 0 Å². The van der Waals surface area contributed by atoms with Gasteiger partial charge in [-0.05, 0) is 0 Å². The van der Waals surface area contributed by atoms with Crippen molar-refractivity contribution in [2.45, 2.75) is 22.0 Å².